The van der Waals surface area contributed by atoms with E-state index < -0.39 is 24.1 Å². The molecule has 1 saturated heterocycles. The fraction of sp³-hybridized carbons (Fsp3) is 0.714. The maximum absolute atomic E-state index is 12.4. The Hall–Kier alpha value is -1.44. The Kier molecular flexibility index (Phi) is 4.97. The van der Waals surface area contributed by atoms with Crippen molar-refractivity contribution in [2.24, 2.45) is 0 Å². The summed E-state index contributed by atoms with van der Waals surface area (Å²) in [5.74, 6) is 0. The summed E-state index contributed by atoms with van der Waals surface area (Å²) in [6, 6.07) is 0. The Morgan fingerprint density at radius 1 is 1.43 bits per heavy atom. The van der Waals surface area contributed by atoms with Gasteiger partial charge in [-0.2, -0.15) is 0 Å². The van der Waals surface area contributed by atoms with Crippen LogP contribution in [0.4, 0.5) is 0 Å². The fourth-order valence-corrected chi connectivity index (χ4v) is 2.53. The smallest absolute Gasteiger partial charge is 0.333 e. The highest BCUT2D eigenvalue weighted by atomic mass is 16.5. The second-order valence-electron chi connectivity index (χ2n) is 5.43. The van der Waals surface area contributed by atoms with Gasteiger partial charge in [-0.15, -0.1) is 0 Å². The van der Waals surface area contributed by atoms with Crippen molar-refractivity contribution in [1.82, 2.24) is 9.13 Å². The molecule has 0 amide bonds. The van der Waals surface area contributed by atoms with Crippen LogP contribution in [-0.2, 0) is 11.3 Å². The average molecular weight is 298 g/mol. The van der Waals surface area contributed by atoms with E-state index in [1.165, 1.54) is 15.3 Å². The first kappa shape index (κ1) is 15.9. The highest BCUT2D eigenvalue weighted by molar-refractivity contribution is 5.04. The molecule has 2 N–H and O–H groups in total. The Morgan fingerprint density at radius 2 is 2.14 bits per heavy atom. The molecular weight excluding hydrogens is 276 g/mol. The summed E-state index contributed by atoms with van der Waals surface area (Å²) in [5.41, 5.74) is -0.270. The molecule has 118 valence electrons. The Morgan fingerprint density at radius 3 is 2.71 bits per heavy atom. The lowest BCUT2D eigenvalue weighted by atomic mass is 10.2. The van der Waals surface area contributed by atoms with Crippen LogP contribution in [0.25, 0.3) is 0 Å². The number of unbranched alkanes of at least 4 members (excludes halogenated alkanes) is 1. The Balaban J connectivity index is 2.39. The van der Waals surface area contributed by atoms with Gasteiger partial charge >= 0.3 is 5.69 Å². The molecule has 0 aromatic carbocycles. The largest absolute Gasteiger partial charge is 0.394 e. The normalized spacial score (nSPS) is 25.4. The van der Waals surface area contributed by atoms with Gasteiger partial charge in [-0.3, -0.25) is 13.9 Å². The molecule has 1 unspecified atom stereocenters. The summed E-state index contributed by atoms with van der Waals surface area (Å²) in [5, 5.41) is 18.9. The number of aliphatic hydroxyl groups is 2. The summed E-state index contributed by atoms with van der Waals surface area (Å²) < 4.78 is 8.04. The van der Waals surface area contributed by atoms with Crippen molar-refractivity contribution in [3.05, 3.63) is 32.6 Å². The number of ether oxygens (including phenoxy) is 1. The lowest BCUT2D eigenvalue weighted by molar-refractivity contribution is -0.0464. The third-order valence-corrected chi connectivity index (χ3v) is 3.80. The molecule has 0 saturated carbocycles. The Bertz CT molecular complexity index is 606. The number of rotatable bonds is 5. The molecule has 2 heterocycles. The second-order valence-corrected chi connectivity index (χ2v) is 5.43. The topological polar surface area (TPSA) is 93.7 Å². The van der Waals surface area contributed by atoms with Crippen molar-refractivity contribution >= 4 is 0 Å². The minimum absolute atomic E-state index is 0.219. The maximum atomic E-state index is 12.4. The van der Waals surface area contributed by atoms with Gasteiger partial charge < -0.3 is 14.9 Å². The molecule has 2 rings (SSSR count). The molecule has 0 radical (unpaired) electrons. The molecular formula is C14H22N2O5. The first-order chi connectivity index (χ1) is 9.99. The van der Waals surface area contributed by atoms with Crippen molar-refractivity contribution in [3.63, 3.8) is 0 Å². The number of aliphatic hydroxyl groups excluding tert-OH is 2. The zero-order valence-corrected chi connectivity index (χ0v) is 12.4. The van der Waals surface area contributed by atoms with Crippen molar-refractivity contribution in [3.8, 4) is 0 Å². The van der Waals surface area contributed by atoms with E-state index in [0.29, 0.717) is 12.1 Å². The van der Waals surface area contributed by atoms with Crippen molar-refractivity contribution in [1.29, 1.82) is 0 Å². The van der Waals surface area contributed by atoms with Crippen LogP contribution in [0.15, 0.2) is 15.8 Å². The molecule has 1 fully saturated rings. The SMILES string of the molecule is CCCCn1c(=O)c(C)cn([C@H]2CC(O)[C@@H](CO)O2)c1=O. The number of aromatic nitrogens is 2. The second kappa shape index (κ2) is 6.55. The molecule has 1 aliphatic heterocycles. The van der Waals surface area contributed by atoms with Gasteiger partial charge in [0.1, 0.15) is 12.3 Å². The van der Waals surface area contributed by atoms with Gasteiger partial charge in [0, 0.05) is 24.7 Å². The van der Waals surface area contributed by atoms with E-state index in [2.05, 4.69) is 0 Å². The van der Waals surface area contributed by atoms with Crippen molar-refractivity contribution in [2.75, 3.05) is 6.61 Å². The van der Waals surface area contributed by atoms with E-state index in [-0.39, 0.29) is 18.6 Å². The summed E-state index contributed by atoms with van der Waals surface area (Å²) in [7, 11) is 0. The van der Waals surface area contributed by atoms with Crippen LogP contribution < -0.4 is 11.2 Å². The van der Waals surface area contributed by atoms with E-state index >= 15 is 0 Å². The monoisotopic (exact) mass is 298 g/mol. The van der Waals surface area contributed by atoms with Crippen LogP contribution in [0, 0.1) is 6.92 Å². The third kappa shape index (κ3) is 3.09. The summed E-state index contributed by atoms with van der Waals surface area (Å²) in [6.07, 6.45) is 1.14. The van der Waals surface area contributed by atoms with Crippen molar-refractivity contribution < 1.29 is 14.9 Å². The first-order valence-electron chi connectivity index (χ1n) is 7.26. The third-order valence-electron chi connectivity index (χ3n) is 3.80. The predicted molar refractivity (Wildman–Crippen MR) is 76.2 cm³/mol. The van der Waals surface area contributed by atoms with Gasteiger partial charge in [-0.25, -0.2) is 4.79 Å². The molecule has 0 spiro atoms. The predicted octanol–water partition coefficient (Wildman–Crippen LogP) is -0.241. The van der Waals surface area contributed by atoms with Gasteiger partial charge in [-0.05, 0) is 13.3 Å². The highest BCUT2D eigenvalue weighted by Gasteiger charge is 2.35. The lowest BCUT2D eigenvalue weighted by Crippen LogP contribution is -2.42. The standard InChI is InChI=1S/C14H22N2O5/c1-3-4-5-15-13(19)9(2)7-16(14(15)20)12-6-10(18)11(8-17)21-12/h7,10-12,17-18H,3-6,8H2,1-2H3/t10?,11-,12-/m1/s1. The van der Waals surface area contributed by atoms with Crippen LogP contribution in [-0.4, -0.2) is 38.2 Å². The van der Waals surface area contributed by atoms with Crippen LogP contribution in [0.5, 0.6) is 0 Å². The highest BCUT2D eigenvalue weighted by Crippen LogP contribution is 2.27. The van der Waals surface area contributed by atoms with E-state index in [0.717, 1.165) is 12.8 Å². The van der Waals surface area contributed by atoms with E-state index in [4.69, 9.17) is 9.84 Å². The molecule has 1 aromatic heterocycles. The Labute approximate surface area is 122 Å². The van der Waals surface area contributed by atoms with Gasteiger partial charge in [0.05, 0.1) is 12.7 Å². The van der Waals surface area contributed by atoms with E-state index in [1.54, 1.807) is 6.92 Å². The molecule has 7 nitrogen and oxygen atoms in total. The lowest BCUT2D eigenvalue weighted by Gasteiger charge is -2.17. The minimum Gasteiger partial charge on any atom is -0.394 e. The molecule has 1 aromatic rings. The van der Waals surface area contributed by atoms with Gasteiger partial charge in [0.2, 0.25) is 0 Å². The molecule has 0 aliphatic carbocycles. The average Bonchev–Trinajstić information content (AvgIpc) is 2.84. The zero-order chi connectivity index (χ0) is 15.6. The number of hydrogen-bond acceptors (Lipinski definition) is 5. The molecule has 7 heteroatoms. The van der Waals surface area contributed by atoms with E-state index in [1.807, 2.05) is 6.92 Å². The van der Waals surface area contributed by atoms with Crippen molar-refractivity contribution in [2.45, 2.75) is 58.1 Å². The summed E-state index contributed by atoms with van der Waals surface area (Å²) >= 11 is 0. The van der Waals surface area contributed by atoms with Gasteiger partial charge in [-0.1, -0.05) is 13.3 Å². The number of aryl methyl sites for hydroxylation is 1. The number of nitrogens with zero attached hydrogens (tertiary/aromatic N) is 2. The summed E-state index contributed by atoms with van der Waals surface area (Å²) in [4.78, 5) is 24.5. The first-order valence-corrected chi connectivity index (χ1v) is 7.26. The quantitative estimate of drug-likeness (QED) is 0.782. The molecule has 3 atom stereocenters. The van der Waals surface area contributed by atoms with Gasteiger partial charge in [0.15, 0.2) is 0 Å². The fourth-order valence-electron chi connectivity index (χ4n) is 2.53. The number of hydrogen-bond donors (Lipinski definition) is 2. The van der Waals surface area contributed by atoms with Crippen LogP contribution in [0.1, 0.15) is 38.0 Å². The summed E-state index contributed by atoms with van der Waals surface area (Å²) in [6.45, 7) is 3.70. The van der Waals surface area contributed by atoms with E-state index in [9.17, 15) is 14.7 Å². The molecule has 1 aliphatic rings. The van der Waals surface area contributed by atoms with Crippen LogP contribution >= 0.6 is 0 Å². The van der Waals surface area contributed by atoms with Crippen LogP contribution in [0.2, 0.25) is 0 Å². The molecule has 0 bridgehead atoms. The zero-order valence-electron chi connectivity index (χ0n) is 12.4. The maximum Gasteiger partial charge on any atom is 0.333 e. The minimum atomic E-state index is -0.816. The van der Waals surface area contributed by atoms with Crippen LogP contribution in [0.3, 0.4) is 0 Å². The van der Waals surface area contributed by atoms with Gasteiger partial charge in [0.25, 0.3) is 5.56 Å². The molecule has 21 heavy (non-hydrogen) atoms.